The summed E-state index contributed by atoms with van der Waals surface area (Å²) in [6.07, 6.45) is 1.04. The Morgan fingerprint density at radius 3 is 2.05 bits per heavy atom. The Kier molecular flexibility index (Phi) is 6.45. The van der Waals surface area contributed by atoms with Crippen LogP contribution in [0.25, 0.3) is 0 Å². The number of hydrazine groups is 2. The fourth-order valence-corrected chi connectivity index (χ4v) is 1.97. The summed E-state index contributed by atoms with van der Waals surface area (Å²) in [5.74, 6) is 4.84. The van der Waals surface area contributed by atoms with E-state index < -0.39 is 10.8 Å². The summed E-state index contributed by atoms with van der Waals surface area (Å²) < 4.78 is 0. The zero-order valence-corrected chi connectivity index (χ0v) is 12.9. The lowest BCUT2D eigenvalue weighted by Gasteiger charge is -2.34. The van der Waals surface area contributed by atoms with Gasteiger partial charge in [0.05, 0.1) is 0 Å². The smallest absolute Gasteiger partial charge is 0.239 e. The van der Waals surface area contributed by atoms with Crippen molar-refractivity contribution in [3.8, 4) is 0 Å². The van der Waals surface area contributed by atoms with Gasteiger partial charge in [0, 0.05) is 16.9 Å². The number of carbonyl (C=O) groups excluding carboxylic acids is 2. The van der Waals surface area contributed by atoms with Crippen LogP contribution in [0.4, 0.5) is 0 Å². The molecule has 0 aliphatic heterocycles. The Balaban J connectivity index is 4.81. The molecule has 0 saturated carbocycles. The second kappa shape index (κ2) is 6.86. The van der Waals surface area contributed by atoms with Gasteiger partial charge in [-0.15, -0.1) is 0 Å². The van der Waals surface area contributed by atoms with Crippen LogP contribution >= 0.6 is 0 Å². The first-order chi connectivity index (χ1) is 8.59. The quantitative estimate of drug-likeness (QED) is 0.314. The lowest BCUT2D eigenvalue weighted by Crippen LogP contribution is -2.51. The molecule has 1 unspecified atom stereocenters. The average Bonchev–Trinajstić information content (AvgIpc) is 2.33. The van der Waals surface area contributed by atoms with Crippen molar-refractivity contribution in [3.63, 3.8) is 0 Å². The van der Waals surface area contributed by atoms with Gasteiger partial charge >= 0.3 is 0 Å². The summed E-state index contributed by atoms with van der Waals surface area (Å²) in [4.78, 5) is 24.0. The first kappa shape index (κ1) is 17.9. The summed E-state index contributed by atoms with van der Waals surface area (Å²) in [6.45, 7) is 11.2. The highest BCUT2D eigenvalue weighted by molar-refractivity contribution is 5.85. The molecule has 0 heterocycles. The number of hydrogen-bond donors (Lipinski definition) is 4. The largest absolute Gasteiger partial charge is 0.294 e. The summed E-state index contributed by atoms with van der Waals surface area (Å²) in [5, 5.41) is 0. The molecule has 0 aliphatic carbocycles. The van der Waals surface area contributed by atoms with E-state index in [0.29, 0.717) is 12.8 Å². The molecule has 0 aromatic carbocycles. The van der Waals surface area contributed by atoms with Crippen LogP contribution in [0.15, 0.2) is 0 Å². The fourth-order valence-electron chi connectivity index (χ4n) is 1.97. The lowest BCUT2D eigenvalue weighted by atomic mass is 9.71. The van der Waals surface area contributed by atoms with Crippen LogP contribution in [-0.2, 0) is 9.59 Å². The van der Waals surface area contributed by atoms with Crippen molar-refractivity contribution in [3.05, 3.63) is 0 Å². The van der Waals surface area contributed by atoms with Crippen molar-refractivity contribution in [2.75, 3.05) is 0 Å². The van der Waals surface area contributed by atoms with Crippen molar-refractivity contribution in [2.24, 2.45) is 16.7 Å². The van der Waals surface area contributed by atoms with E-state index in [1.54, 1.807) is 0 Å². The first-order valence-electron chi connectivity index (χ1n) is 6.66. The van der Waals surface area contributed by atoms with E-state index in [0.717, 1.165) is 0 Å². The highest BCUT2D eigenvalue weighted by Gasteiger charge is 2.40. The average molecular weight is 272 g/mol. The molecule has 6 nitrogen and oxygen atoms in total. The molecule has 0 aliphatic rings. The molecule has 0 radical (unpaired) electrons. The van der Waals surface area contributed by atoms with Crippen molar-refractivity contribution in [1.82, 2.24) is 16.3 Å². The van der Waals surface area contributed by atoms with E-state index in [1.807, 2.05) is 41.5 Å². The highest BCUT2D eigenvalue weighted by Crippen LogP contribution is 2.36. The molecule has 0 bridgehead atoms. The Labute approximate surface area is 115 Å². The van der Waals surface area contributed by atoms with Crippen molar-refractivity contribution < 1.29 is 9.59 Å². The van der Waals surface area contributed by atoms with Gasteiger partial charge < -0.3 is 0 Å². The number of hydrogen-bond acceptors (Lipinski definition) is 4. The Hall–Kier alpha value is -1.14. The predicted octanol–water partition coefficient (Wildman–Crippen LogP) is 0.838. The van der Waals surface area contributed by atoms with Crippen LogP contribution in [0.3, 0.4) is 0 Å². The van der Waals surface area contributed by atoms with Crippen LogP contribution in [-0.4, -0.2) is 17.9 Å². The molecule has 0 aromatic heterocycles. The van der Waals surface area contributed by atoms with E-state index >= 15 is 0 Å². The van der Waals surface area contributed by atoms with Gasteiger partial charge in [0.2, 0.25) is 11.8 Å². The SMILES string of the molecule is CCC(C)(CC(C)(C)C(=O)NNC(C)C)C(=O)NN. The monoisotopic (exact) mass is 272 g/mol. The molecule has 0 saturated heterocycles. The van der Waals surface area contributed by atoms with E-state index in [4.69, 9.17) is 5.84 Å². The second-order valence-electron chi connectivity index (χ2n) is 6.20. The molecular formula is C13H28N4O2. The molecule has 112 valence electrons. The molecule has 0 aromatic rings. The summed E-state index contributed by atoms with van der Waals surface area (Å²) >= 11 is 0. The maximum absolute atomic E-state index is 12.1. The van der Waals surface area contributed by atoms with E-state index in [9.17, 15) is 9.59 Å². The van der Waals surface area contributed by atoms with Crippen LogP contribution in [0.1, 0.15) is 54.4 Å². The number of carbonyl (C=O) groups is 2. The topological polar surface area (TPSA) is 96.2 Å². The van der Waals surface area contributed by atoms with Crippen molar-refractivity contribution in [1.29, 1.82) is 0 Å². The van der Waals surface area contributed by atoms with Gasteiger partial charge in [0.25, 0.3) is 0 Å². The zero-order valence-electron chi connectivity index (χ0n) is 12.9. The molecule has 6 heteroatoms. The maximum Gasteiger partial charge on any atom is 0.239 e. The second-order valence-corrected chi connectivity index (χ2v) is 6.20. The molecule has 0 fully saturated rings. The van der Waals surface area contributed by atoms with E-state index in [-0.39, 0.29) is 17.9 Å². The number of amides is 2. The number of rotatable bonds is 7. The zero-order chi connectivity index (χ0) is 15.3. The molecule has 0 spiro atoms. The first-order valence-corrected chi connectivity index (χ1v) is 6.66. The number of nitrogens with two attached hydrogens (primary N) is 1. The third kappa shape index (κ3) is 5.16. The Bertz CT molecular complexity index is 329. The van der Waals surface area contributed by atoms with Gasteiger partial charge in [-0.1, -0.05) is 27.7 Å². The van der Waals surface area contributed by atoms with Gasteiger partial charge in [-0.2, -0.15) is 0 Å². The third-order valence-electron chi connectivity index (χ3n) is 3.38. The highest BCUT2D eigenvalue weighted by atomic mass is 16.2. The standard InChI is InChI=1S/C13H28N4O2/c1-7-13(6,11(19)15-14)8-12(4,5)10(18)17-16-9(2)3/h9,16H,7-8,14H2,1-6H3,(H,15,19)(H,17,18). The predicted molar refractivity (Wildman–Crippen MR) is 75.5 cm³/mol. The fraction of sp³-hybridized carbons (Fsp3) is 0.846. The molecular weight excluding hydrogens is 244 g/mol. The normalized spacial score (nSPS) is 14.9. The third-order valence-corrected chi connectivity index (χ3v) is 3.38. The molecule has 2 amide bonds. The Morgan fingerprint density at radius 1 is 1.16 bits per heavy atom. The van der Waals surface area contributed by atoms with Gasteiger partial charge in [-0.3, -0.25) is 20.4 Å². The van der Waals surface area contributed by atoms with Gasteiger partial charge in [0.15, 0.2) is 0 Å². The summed E-state index contributed by atoms with van der Waals surface area (Å²) in [7, 11) is 0. The van der Waals surface area contributed by atoms with Crippen LogP contribution < -0.4 is 22.1 Å². The maximum atomic E-state index is 12.1. The minimum Gasteiger partial charge on any atom is -0.294 e. The van der Waals surface area contributed by atoms with Gasteiger partial charge in [-0.25, -0.2) is 11.3 Å². The lowest BCUT2D eigenvalue weighted by molar-refractivity contribution is -0.137. The molecule has 5 N–H and O–H groups in total. The van der Waals surface area contributed by atoms with Crippen molar-refractivity contribution >= 4 is 11.8 Å². The van der Waals surface area contributed by atoms with Gasteiger partial charge in [-0.05, 0) is 26.7 Å². The van der Waals surface area contributed by atoms with Crippen LogP contribution in [0.2, 0.25) is 0 Å². The Morgan fingerprint density at radius 2 is 1.68 bits per heavy atom. The molecule has 1 atom stereocenters. The van der Waals surface area contributed by atoms with E-state index in [1.165, 1.54) is 0 Å². The molecule has 19 heavy (non-hydrogen) atoms. The van der Waals surface area contributed by atoms with Gasteiger partial charge in [0.1, 0.15) is 0 Å². The minimum absolute atomic E-state index is 0.134. The summed E-state index contributed by atoms with van der Waals surface area (Å²) in [5.41, 5.74) is 6.40. The summed E-state index contributed by atoms with van der Waals surface area (Å²) in [6, 6.07) is 0.157. The van der Waals surface area contributed by atoms with E-state index in [2.05, 4.69) is 16.3 Å². The number of nitrogens with one attached hydrogen (secondary N) is 3. The van der Waals surface area contributed by atoms with Crippen molar-refractivity contribution in [2.45, 2.75) is 60.4 Å². The van der Waals surface area contributed by atoms with Crippen LogP contribution in [0, 0.1) is 10.8 Å². The minimum atomic E-state index is -0.668. The molecule has 0 rings (SSSR count). The van der Waals surface area contributed by atoms with Crippen LogP contribution in [0.5, 0.6) is 0 Å².